The highest BCUT2D eigenvalue weighted by Gasteiger charge is 2.29. The Hall–Kier alpha value is -0.650. The molecule has 0 aromatic carbocycles. The average molecular weight is 174 g/mol. The van der Waals surface area contributed by atoms with E-state index in [0.29, 0.717) is 13.0 Å². The third-order valence-corrected chi connectivity index (χ3v) is 2.04. The van der Waals surface area contributed by atoms with Crippen molar-refractivity contribution in [1.82, 2.24) is 0 Å². The second-order valence-corrected chi connectivity index (χ2v) is 3.06. The van der Waals surface area contributed by atoms with E-state index in [1.54, 1.807) is 0 Å². The van der Waals surface area contributed by atoms with Gasteiger partial charge in [-0.15, -0.1) is 0 Å². The first-order valence-electron chi connectivity index (χ1n) is 3.97. The van der Waals surface area contributed by atoms with Crippen molar-refractivity contribution in [3.05, 3.63) is 0 Å². The van der Waals surface area contributed by atoms with Crippen LogP contribution in [-0.4, -0.2) is 35.9 Å². The Morgan fingerprint density at radius 2 is 2.33 bits per heavy atom. The van der Waals surface area contributed by atoms with E-state index in [9.17, 15) is 4.79 Å². The second kappa shape index (κ2) is 3.84. The van der Waals surface area contributed by atoms with Crippen LogP contribution in [0.3, 0.4) is 0 Å². The zero-order chi connectivity index (χ0) is 9.14. The lowest BCUT2D eigenvalue weighted by Gasteiger charge is -2.29. The molecule has 0 saturated carbocycles. The number of carboxylic acids is 1. The third-order valence-electron chi connectivity index (χ3n) is 2.04. The van der Waals surface area contributed by atoms with Crippen LogP contribution in [0.4, 0.5) is 0 Å². The molecule has 3 atom stereocenters. The van der Waals surface area contributed by atoms with Crippen LogP contribution in [0.1, 0.15) is 12.8 Å². The number of carbonyl (C=O) groups is 1. The summed E-state index contributed by atoms with van der Waals surface area (Å²) in [6.07, 6.45) is 0.891. The molecule has 1 heterocycles. The largest absolute Gasteiger partial charge is 0.480 e. The van der Waals surface area contributed by atoms with Gasteiger partial charge in [-0.05, 0) is 12.8 Å². The van der Waals surface area contributed by atoms with E-state index in [0.717, 1.165) is 6.42 Å². The lowest BCUT2D eigenvalue weighted by atomic mass is 9.99. The topological polar surface area (TPSA) is 98.6 Å². The number of nitrogens with two attached hydrogens (primary N) is 2. The fraction of sp³-hybridized carbons (Fsp3) is 0.857. The number of ether oxygens (including phenoxy) is 1. The lowest BCUT2D eigenvalue weighted by molar-refractivity contribution is -0.143. The Bertz CT molecular complexity index is 174. The van der Waals surface area contributed by atoms with Crippen molar-refractivity contribution in [3.8, 4) is 0 Å². The van der Waals surface area contributed by atoms with Gasteiger partial charge >= 0.3 is 5.97 Å². The van der Waals surface area contributed by atoms with Crippen molar-refractivity contribution in [2.75, 3.05) is 6.61 Å². The van der Waals surface area contributed by atoms with E-state index in [1.807, 2.05) is 0 Å². The van der Waals surface area contributed by atoms with Gasteiger partial charge in [0.25, 0.3) is 0 Å². The molecule has 5 nitrogen and oxygen atoms in total. The number of rotatable bonds is 2. The molecule has 1 aliphatic heterocycles. The molecule has 0 spiro atoms. The van der Waals surface area contributed by atoms with Gasteiger partial charge in [0.2, 0.25) is 0 Å². The smallest absolute Gasteiger partial charge is 0.323 e. The van der Waals surface area contributed by atoms with Gasteiger partial charge in [0, 0.05) is 12.6 Å². The monoisotopic (exact) mass is 174 g/mol. The van der Waals surface area contributed by atoms with Gasteiger partial charge in [0.05, 0.1) is 6.10 Å². The summed E-state index contributed by atoms with van der Waals surface area (Å²) in [5, 5.41) is 8.57. The van der Waals surface area contributed by atoms with E-state index in [4.69, 9.17) is 21.3 Å². The molecule has 5 heteroatoms. The number of aliphatic carboxylic acids is 1. The van der Waals surface area contributed by atoms with Crippen molar-refractivity contribution in [2.24, 2.45) is 11.5 Å². The SMILES string of the molecule is NC1CCOC(C(N)C(=O)O)C1. The average Bonchev–Trinajstić information content (AvgIpc) is 2.03. The van der Waals surface area contributed by atoms with Gasteiger partial charge in [-0.25, -0.2) is 0 Å². The zero-order valence-electron chi connectivity index (χ0n) is 6.77. The highest BCUT2D eigenvalue weighted by atomic mass is 16.5. The van der Waals surface area contributed by atoms with Crippen molar-refractivity contribution in [3.63, 3.8) is 0 Å². The van der Waals surface area contributed by atoms with E-state index in [1.165, 1.54) is 0 Å². The number of hydrogen-bond donors (Lipinski definition) is 3. The van der Waals surface area contributed by atoms with Gasteiger partial charge in [-0.2, -0.15) is 0 Å². The molecule has 70 valence electrons. The molecule has 1 saturated heterocycles. The Morgan fingerprint density at radius 1 is 1.67 bits per heavy atom. The minimum atomic E-state index is -1.03. The van der Waals surface area contributed by atoms with Crippen LogP contribution in [-0.2, 0) is 9.53 Å². The molecule has 0 aromatic rings. The Balaban J connectivity index is 2.45. The summed E-state index contributed by atoms with van der Waals surface area (Å²) in [5.41, 5.74) is 11.0. The summed E-state index contributed by atoms with van der Waals surface area (Å²) in [6, 6.07) is -0.925. The van der Waals surface area contributed by atoms with Gasteiger partial charge in [0.15, 0.2) is 0 Å². The molecular weight excluding hydrogens is 160 g/mol. The first-order chi connectivity index (χ1) is 5.61. The van der Waals surface area contributed by atoms with Crippen molar-refractivity contribution in [2.45, 2.75) is 31.0 Å². The number of hydrogen-bond acceptors (Lipinski definition) is 4. The summed E-state index contributed by atoms with van der Waals surface area (Å²) in [6.45, 7) is 0.507. The molecule has 1 fully saturated rings. The van der Waals surface area contributed by atoms with Gasteiger partial charge < -0.3 is 21.3 Å². The summed E-state index contributed by atoms with van der Waals surface area (Å²) >= 11 is 0. The van der Waals surface area contributed by atoms with E-state index in [2.05, 4.69) is 0 Å². The summed E-state index contributed by atoms with van der Waals surface area (Å²) in [5.74, 6) is -1.03. The van der Waals surface area contributed by atoms with Gasteiger partial charge in [0.1, 0.15) is 6.04 Å². The van der Waals surface area contributed by atoms with E-state index >= 15 is 0 Å². The maximum atomic E-state index is 10.5. The summed E-state index contributed by atoms with van der Waals surface area (Å²) in [7, 11) is 0. The standard InChI is InChI=1S/C7H14N2O3/c8-4-1-2-12-5(3-4)6(9)7(10)11/h4-6H,1-3,8-9H2,(H,10,11). The molecule has 3 unspecified atom stereocenters. The molecule has 0 amide bonds. The van der Waals surface area contributed by atoms with Crippen molar-refractivity contribution < 1.29 is 14.6 Å². The van der Waals surface area contributed by atoms with E-state index < -0.39 is 18.1 Å². The molecule has 0 aliphatic carbocycles. The third kappa shape index (κ3) is 2.17. The Morgan fingerprint density at radius 3 is 2.83 bits per heavy atom. The molecule has 1 rings (SSSR count). The zero-order valence-corrected chi connectivity index (χ0v) is 6.77. The fourth-order valence-electron chi connectivity index (χ4n) is 1.26. The molecule has 0 radical (unpaired) electrons. The van der Waals surface area contributed by atoms with Crippen LogP contribution in [0.15, 0.2) is 0 Å². The molecule has 5 N–H and O–H groups in total. The maximum absolute atomic E-state index is 10.5. The van der Waals surface area contributed by atoms with E-state index in [-0.39, 0.29) is 6.04 Å². The minimum Gasteiger partial charge on any atom is -0.480 e. The highest BCUT2D eigenvalue weighted by Crippen LogP contribution is 2.14. The first-order valence-corrected chi connectivity index (χ1v) is 3.97. The Labute approximate surface area is 70.7 Å². The Kier molecular flexibility index (Phi) is 3.02. The normalized spacial score (nSPS) is 32.8. The fourth-order valence-corrected chi connectivity index (χ4v) is 1.26. The van der Waals surface area contributed by atoms with Gasteiger partial charge in [-0.1, -0.05) is 0 Å². The van der Waals surface area contributed by atoms with Crippen LogP contribution < -0.4 is 11.5 Å². The lowest BCUT2D eigenvalue weighted by Crippen LogP contribution is -2.48. The predicted molar refractivity (Wildman–Crippen MR) is 42.6 cm³/mol. The molecule has 0 bridgehead atoms. The second-order valence-electron chi connectivity index (χ2n) is 3.06. The van der Waals surface area contributed by atoms with Gasteiger partial charge in [-0.3, -0.25) is 4.79 Å². The molecule has 12 heavy (non-hydrogen) atoms. The maximum Gasteiger partial charge on any atom is 0.323 e. The van der Waals surface area contributed by atoms with Crippen LogP contribution in [0.5, 0.6) is 0 Å². The summed E-state index contributed by atoms with van der Waals surface area (Å²) in [4.78, 5) is 10.5. The highest BCUT2D eigenvalue weighted by molar-refractivity contribution is 5.73. The summed E-state index contributed by atoms with van der Waals surface area (Å²) < 4.78 is 5.19. The molecule has 0 aromatic heterocycles. The first kappa shape index (κ1) is 9.44. The van der Waals surface area contributed by atoms with Crippen molar-refractivity contribution >= 4 is 5.97 Å². The molecule has 1 aliphatic rings. The predicted octanol–water partition coefficient (Wildman–Crippen LogP) is -1.10. The van der Waals surface area contributed by atoms with Crippen molar-refractivity contribution in [1.29, 1.82) is 0 Å². The van der Waals surface area contributed by atoms with Crippen LogP contribution >= 0.6 is 0 Å². The van der Waals surface area contributed by atoms with Crippen LogP contribution in [0, 0.1) is 0 Å². The van der Waals surface area contributed by atoms with Crippen LogP contribution in [0.2, 0.25) is 0 Å². The quantitative estimate of drug-likeness (QED) is 0.493. The van der Waals surface area contributed by atoms with Crippen LogP contribution in [0.25, 0.3) is 0 Å². The number of carboxylic acid groups (broad SMARTS) is 1. The molecular formula is C7H14N2O3. The minimum absolute atomic E-state index is 0.0224.